The van der Waals surface area contributed by atoms with E-state index in [1.165, 1.54) is 24.9 Å². The molecule has 1 aromatic heterocycles. The molecule has 10 nitrogen and oxygen atoms in total. The summed E-state index contributed by atoms with van der Waals surface area (Å²) in [5.41, 5.74) is 4.21. The van der Waals surface area contributed by atoms with E-state index < -0.39 is 23.3 Å². The number of benzene rings is 3. The van der Waals surface area contributed by atoms with Gasteiger partial charge in [-0.1, -0.05) is 54.1 Å². The number of halogens is 1. The van der Waals surface area contributed by atoms with Gasteiger partial charge in [-0.25, -0.2) is 4.79 Å². The first-order chi connectivity index (χ1) is 21.6. The van der Waals surface area contributed by atoms with Crippen LogP contribution in [0.3, 0.4) is 0 Å². The van der Waals surface area contributed by atoms with Crippen molar-refractivity contribution in [1.82, 2.24) is 14.5 Å². The Morgan fingerprint density at radius 2 is 1.82 bits per heavy atom. The number of ether oxygens (including phenoxy) is 2. The molecule has 236 valence electrons. The second-order valence-corrected chi connectivity index (χ2v) is 11.5. The Labute approximate surface area is 266 Å². The number of amides is 1. The summed E-state index contributed by atoms with van der Waals surface area (Å²) in [4.78, 5) is 37.8. The van der Waals surface area contributed by atoms with E-state index in [-0.39, 0.29) is 11.6 Å². The Morgan fingerprint density at radius 3 is 2.58 bits per heavy atom. The standard InChI is InChI=1S/C34H37ClN4O6/c1-5-45-30-16-21(12-13-22(30)17-36-28-14-15-44-19-29(28)40)24-9-6-10-25(31(24)35)23-8-7-11-27(20(23)2)37-32(41)26-18-38(3)34(43)39(4)33(26)42/h6-13,16,18,28-29,36,40H,5,14-15,17,19H2,1-4H3,(H,37,41)/t28-,29+/m1/s1. The zero-order valence-corrected chi connectivity index (χ0v) is 26.5. The molecular formula is C34H37ClN4O6. The Bertz CT molecular complexity index is 1850. The van der Waals surface area contributed by atoms with Gasteiger partial charge in [-0.2, -0.15) is 0 Å². The third kappa shape index (κ3) is 6.74. The number of nitrogens with one attached hydrogen (secondary N) is 2. The largest absolute Gasteiger partial charge is 0.494 e. The van der Waals surface area contributed by atoms with Gasteiger partial charge in [0, 0.05) is 61.9 Å². The van der Waals surface area contributed by atoms with Gasteiger partial charge in [0.05, 0.1) is 24.3 Å². The first kappa shape index (κ1) is 32.2. The van der Waals surface area contributed by atoms with Gasteiger partial charge in [0.25, 0.3) is 11.5 Å². The fraction of sp³-hybridized carbons (Fsp3) is 0.324. The Morgan fingerprint density at radius 1 is 1.09 bits per heavy atom. The molecule has 3 aromatic carbocycles. The summed E-state index contributed by atoms with van der Waals surface area (Å²) in [5, 5.41) is 17.1. The maximum absolute atomic E-state index is 13.1. The lowest BCUT2D eigenvalue weighted by molar-refractivity contribution is -0.0281. The van der Waals surface area contributed by atoms with Gasteiger partial charge in [0.15, 0.2) is 0 Å². The van der Waals surface area contributed by atoms with Crippen LogP contribution in [0.5, 0.6) is 5.75 Å². The highest BCUT2D eigenvalue weighted by atomic mass is 35.5. The van der Waals surface area contributed by atoms with Crippen molar-refractivity contribution in [2.24, 2.45) is 14.1 Å². The van der Waals surface area contributed by atoms with Crippen molar-refractivity contribution >= 4 is 23.2 Å². The summed E-state index contributed by atoms with van der Waals surface area (Å²) in [6, 6.07) is 17.2. The van der Waals surface area contributed by atoms with Crippen LogP contribution in [0.1, 0.15) is 34.8 Å². The van der Waals surface area contributed by atoms with E-state index in [0.29, 0.717) is 37.1 Å². The second kappa shape index (κ2) is 13.8. The van der Waals surface area contributed by atoms with Crippen LogP contribution in [0.25, 0.3) is 22.3 Å². The maximum Gasteiger partial charge on any atom is 0.330 e. The molecule has 0 radical (unpaired) electrons. The topological polar surface area (TPSA) is 124 Å². The summed E-state index contributed by atoms with van der Waals surface area (Å²) in [6.07, 6.45) is 1.43. The average Bonchev–Trinajstić information content (AvgIpc) is 3.03. The molecule has 1 fully saturated rings. The van der Waals surface area contributed by atoms with Gasteiger partial charge >= 0.3 is 5.69 Å². The van der Waals surface area contributed by atoms with Gasteiger partial charge < -0.3 is 29.8 Å². The molecule has 1 aliphatic heterocycles. The quantitative estimate of drug-likeness (QED) is 0.252. The molecule has 2 heterocycles. The van der Waals surface area contributed by atoms with Crippen LogP contribution in [0.2, 0.25) is 5.02 Å². The van der Waals surface area contributed by atoms with Gasteiger partial charge in [-0.3, -0.25) is 14.2 Å². The van der Waals surface area contributed by atoms with Gasteiger partial charge in [-0.05, 0) is 49.1 Å². The maximum atomic E-state index is 13.1. The summed E-state index contributed by atoms with van der Waals surface area (Å²) in [5.74, 6) is 0.117. The lowest BCUT2D eigenvalue weighted by Gasteiger charge is -2.29. The number of carbonyl (C=O) groups is 1. The number of anilines is 1. The molecule has 4 aromatic rings. The highest BCUT2D eigenvalue weighted by Gasteiger charge is 2.24. The number of aromatic nitrogens is 2. The minimum atomic E-state index is -0.672. The van der Waals surface area contributed by atoms with E-state index in [9.17, 15) is 19.5 Å². The van der Waals surface area contributed by atoms with Crippen LogP contribution < -0.4 is 26.6 Å². The molecule has 45 heavy (non-hydrogen) atoms. The third-order valence-corrected chi connectivity index (χ3v) is 8.53. The van der Waals surface area contributed by atoms with Crippen LogP contribution in [0.15, 0.2) is 70.4 Å². The van der Waals surface area contributed by atoms with Gasteiger partial charge in [-0.15, -0.1) is 0 Å². The number of aliphatic hydroxyl groups is 1. The highest BCUT2D eigenvalue weighted by Crippen LogP contribution is 2.40. The minimum Gasteiger partial charge on any atom is -0.494 e. The average molecular weight is 633 g/mol. The number of aryl methyl sites for hydroxylation is 1. The molecule has 3 N–H and O–H groups in total. The molecular weight excluding hydrogens is 596 g/mol. The normalized spacial score (nSPS) is 16.4. The van der Waals surface area contributed by atoms with Crippen LogP contribution in [0, 0.1) is 6.92 Å². The highest BCUT2D eigenvalue weighted by molar-refractivity contribution is 6.36. The fourth-order valence-electron chi connectivity index (χ4n) is 5.54. The molecule has 0 saturated carbocycles. The number of rotatable bonds is 9. The Kier molecular flexibility index (Phi) is 9.89. The predicted molar refractivity (Wildman–Crippen MR) is 175 cm³/mol. The zero-order valence-electron chi connectivity index (χ0n) is 25.7. The summed E-state index contributed by atoms with van der Waals surface area (Å²) in [7, 11) is 2.82. The monoisotopic (exact) mass is 632 g/mol. The molecule has 1 amide bonds. The molecule has 0 bridgehead atoms. The smallest absolute Gasteiger partial charge is 0.330 e. The van der Waals surface area contributed by atoms with E-state index >= 15 is 0 Å². The van der Waals surface area contributed by atoms with E-state index in [0.717, 1.165) is 50.1 Å². The molecule has 1 saturated heterocycles. The van der Waals surface area contributed by atoms with Crippen molar-refractivity contribution in [2.75, 3.05) is 25.1 Å². The van der Waals surface area contributed by atoms with Crippen LogP contribution in [-0.2, 0) is 25.4 Å². The SMILES string of the molecule is CCOc1cc(-c2cccc(-c3cccc(NC(=O)c4cn(C)c(=O)n(C)c4=O)c3C)c2Cl)ccc1CN[C@@H]1CCOC[C@@H]1O. The van der Waals surface area contributed by atoms with Crippen molar-refractivity contribution in [1.29, 1.82) is 0 Å². The Balaban J connectivity index is 1.43. The lowest BCUT2D eigenvalue weighted by Crippen LogP contribution is -2.46. The van der Waals surface area contributed by atoms with E-state index in [4.69, 9.17) is 21.1 Å². The van der Waals surface area contributed by atoms with E-state index in [2.05, 4.69) is 10.6 Å². The van der Waals surface area contributed by atoms with Gasteiger partial charge in [0.2, 0.25) is 0 Å². The molecule has 0 unspecified atom stereocenters. The lowest BCUT2D eigenvalue weighted by atomic mass is 9.94. The molecule has 11 heteroatoms. The Hall–Kier alpha value is -4.22. The molecule has 0 spiro atoms. The molecule has 1 aliphatic rings. The number of hydrogen-bond acceptors (Lipinski definition) is 7. The number of aliphatic hydroxyl groups excluding tert-OH is 1. The second-order valence-electron chi connectivity index (χ2n) is 11.1. The van der Waals surface area contributed by atoms with E-state index in [1.807, 2.05) is 62.4 Å². The van der Waals surface area contributed by atoms with Crippen LogP contribution >= 0.6 is 11.6 Å². The van der Waals surface area contributed by atoms with Crippen molar-refractivity contribution in [3.8, 4) is 28.0 Å². The van der Waals surface area contributed by atoms with Crippen molar-refractivity contribution in [3.05, 3.63) is 103 Å². The zero-order chi connectivity index (χ0) is 32.2. The van der Waals surface area contributed by atoms with Gasteiger partial charge in [0.1, 0.15) is 11.3 Å². The molecule has 2 atom stereocenters. The van der Waals surface area contributed by atoms with Crippen LogP contribution in [0.4, 0.5) is 5.69 Å². The molecule has 0 aliphatic carbocycles. The third-order valence-electron chi connectivity index (χ3n) is 8.12. The predicted octanol–water partition coefficient (Wildman–Crippen LogP) is 4.27. The number of hydrogen-bond donors (Lipinski definition) is 3. The first-order valence-corrected chi connectivity index (χ1v) is 15.2. The van der Waals surface area contributed by atoms with E-state index in [1.54, 1.807) is 6.07 Å². The first-order valence-electron chi connectivity index (χ1n) is 14.8. The molecule has 5 rings (SSSR count). The fourth-order valence-corrected chi connectivity index (χ4v) is 5.88. The number of nitrogens with zero attached hydrogens (tertiary/aromatic N) is 2. The summed E-state index contributed by atoms with van der Waals surface area (Å²) < 4.78 is 13.4. The van der Waals surface area contributed by atoms with Crippen molar-refractivity contribution < 1.29 is 19.4 Å². The summed E-state index contributed by atoms with van der Waals surface area (Å²) in [6.45, 7) is 5.78. The summed E-state index contributed by atoms with van der Waals surface area (Å²) >= 11 is 7.07. The van der Waals surface area contributed by atoms with Crippen molar-refractivity contribution in [2.45, 2.75) is 39.0 Å². The van der Waals surface area contributed by atoms with Crippen LogP contribution in [-0.4, -0.2) is 52.1 Å². The minimum absolute atomic E-state index is 0.0467. The number of carbonyl (C=O) groups excluding carboxylic acids is 1. The van der Waals surface area contributed by atoms with Crippen molar-refractivity contribution in [3.63, 3.8) is 0 Å².